The Balaban J connectivity index is 4.45. The zero-order valence-electron chi connectivity index (χ0n) is 7.52. The van der Waals surface area contributed by atoms with Gasteiger partial charge in [-0.25, -0.2) is 0 Å². The molecule has 0 amide bonds. The summed E-state index contributed by atoms with van der Waals surface area (Å²) in [4.78, 5) is 10.6. The van der Waals surface area contributed by atoms with Gasteiger partial charge in [0, 0.05) is 0 Å². The number of hydrogen-bond acceptors (Lipinski definition) is 3. The van der Waals surface area contributed by atoms with Gasteiger partial charge in [-0.15, -0.1) is 0 Å². The second kappa shape index (κ2) is 6.23. The van der Waals surface area contributed by atoms with Gasteiger partial charge in [-0.3, -0.25) is 4.79 Å². The quantitative estimate of drug-likeness (QED) is 0.348. The van der Waals surface area contributed by atoms with Crippen LogP contribution in [0.2, 0.25) is 0 Å². The Labute approximate surface area is 110 Å². The molecule has 0 bridgehead atoms. The maximum Gasteiger partial charge on any atom is 0.319 e. The Hall–Kier alpha value is 0.590. The third kappa shape index (κ3) is 3.99. The zero-order chi connectivity index (χ0) is 11.5. The van der Waals surface area contributed by atoms with Crippen LogP contribution in [0, 0.1) is 0 Å². The van der Waals surface area contributed by atoms with Crippen molar-refractivity contribution < 1.29 is 20.1 Å². The summed E-state index contributed by atoms with van der Waals surface area (Å²) in [5, 5.41) is 27.8. The Morgan fingerprint density at radius 1 is 1.36 bits per heavy atom. The lowest BCUT2D eigenvalue weighted by molar-refractivity contribution is -0.137. The predicted octanol–water partition coefficient (Wildman–Crippen LogP) is 0.976. The maximum absolute atomic E-state index is 10.6. The van der Waals surface area contributed by atoms with E-state index in [1.807, 2.05) is 22.6 Å². The number of hydrogen-bond donors (Lipinski definition) is 3. The Kier molecular flexibility index (Phi) is 6.50. The minimum atomic E-state index is -1.10. The van der Waals surface area contributed by atoms with Gasteiger partial charge in [-0.05, 0) is 6.92 Å². The molecule has 0 aliphatic rings. The predicted molar refractivity (Wildman–Crippen MR) is 70.1 cm³/mol. The molecule has 4 atom stereocenters. The molecular formula is C8H12I2O4. The third-order valence-corrected chi connectivity index (χ3v) is 4.36. The molecule has 4 nitrogen and oxygen atoms in total. The molecule has 0 fully saturated rings. The van der Waals surface area contributed by atoms with Crippen LogP contribution in [0.5, 0.6) is 0 Å². The van der Waals surface area contributed by atoms with E-state index in [9.17, 15) is 15.0 Å². The van der Waals surface area contributed by atoms with Crippen LogP contribution in [0.4, 0.5) is 0 Å². The summed E-state index contributed by atoms with van der Waals surface area (Å²) in [6.07, 6.45) is -1.98. The number of carboxylic acids is 1. The van der Waals surface area contributed by atoms with Crippen molar-refractivity contribution in [3.8, 4) is 0 Å². The first-order chi connectivity index (χ1) is 6.29. The Morgan fingerprint density at radius 2 is 1.79 bits per heavy atom. The van der Waals surface area contributed by atoms with Crippen LogP contribution in [0.15, 0.2) is 12.2 Å². The minimum Gasteiger partial charge on any atom is -0.480 e. The van der Waals surface area contributed by atoms with Gasteiger partial charge in [-0.1, -0.05) is 57.3 Å². The van der Waals surface area contributed by atoms with E-state index >= 15 is 0 Å². The average molecular weight is 426 g/mol. The fourth-order valence-corrected chi connectivity index (χ4v) is 3.04. The molecule has 82 valence electrons. The summed E-state index contributed by atoms with van der Waals surface area (Å²) in [6, 6.07) is 0. The molecule has 0 rings (SSSR count). The number of carboxylic acid groups (broad SMARTS) is 1. The molecule has 0 aromatic rings. The second-order valence-electron chi connectivity index (χ2n) is 2.97. The van der Waals surface area contributed by atoms with Crippen LogP contribution in [-0.2, 0) is 4.79 Å². The number of halogens is 2. The Bertz CT molecular complexity index is 207. The molecule has 14 heavy (non-hydrogen) atoms. The summed E-state index contributed by atoms with van der Waals surface area (Å²) >= 11 is 3.46. The highest BCUT2D eigenvalue weighted by Gasteiger charge is 2.33. The van der Waals surface area contributed by atoms with Gasteiger partial charge in [0.05, 0.1) is 16.1 Å². The number of aliphatic hydroxyl groups is 2. The van der Waals surface area contributed by atoms with Crippen LogP contribution < -0.4 is 0 Å². The van der Waals surface area contributed by atoms with Crippen molar-refractivity contribution in [1.82, 2.24) is 0 Å². The van der Waals surface area contributed by atoms with Gasteiger partial charge in [-0.2, -0.15) is 0 Å². The third-order valence-electron chi connectivity index (χ3n) is 1.67. The van der Waals surface area contributed by atoms with E-state index in [-0.39, 0.29) is 0 Å². The number of alkyl halides is 2. The molecular weight excluding hydrogens is 414 g/mol. The summed E-state index contributed by atoms with van der Waals surface area (Å²) < 4.78 is -1.49. The van der Waals surface area contributed by atoms with E-state index in [2.05, 4.69) is 6.58 Å². The van der Waals surface area contributed by atoms with Crippen molar-refractivity contribution in [3.05, 3.63) is 12.2 Å². The van der Waals surface area contributed by atoms with E-state index in [1.165, 1.54) is 0 Å². The lowest BCUT2D eigenvalue weighted by Crippen LogP contribution is -2.41. The SMILES string of the molecule is C=C(C)C(O)C(I)C(O)C(I)C(=O)O. The molecule has 3 N–H and O–H groups in total. The molecule has 0 spiro atoms. The molecule has 0 heterocycles. The van der Waals surface area contributed by atoms with Crippen molar-refractivity contribution >= 4 is 51.2 Å². The lowest BCUT2D eigenvalue weighted by Gasteiger charge is -2.24. The van der Waals surface area contributed by atoms with E-state index in [0.717, 1.165) is 0 Å². The fraction of sp³-hybridized carbons (Fsp3) is 0.625. The van der Waals surface area contributed by atoms with Crippen LogP contribution >= 0.6 is 45.2 Å². The molecule has 0 radical (unpaired) electrons. The van der Waals surface area contributed by atoms with Crippen LogP contribution in [0.1, 0.15) is 6.92 Å². The number of rotatable bonds is 5. The summed E-state index contributed by atoms with van der Waals surface area (Å²) in [7, 11) is 0. The van der Waals surface area contributed by atoms with E-state index in [1.54, 1.807) is 29.5 Å². The monoisotopic (exact) mass is 426 g/mol. The van der Waals surface area contributed by atoms with Crippen molar-refractivity contribution in [3.63, 3.8) is 0 Å². The summed E-state index contributed by atoms with van der Waals surface area (Å²) in [5.74, 6) is -1.09. The van der Waals surface area contributed by atoms with Crippen molar-refractivity contribution in [2.24, 2.45) is 0 Å². The molecule has 0 aliphatic carbocycles. The number of aliphatic hydroxyl groups excluding tert-OH is 2. The fourth-order valence-electron chi connectivity index (χ4n) is 0.766. The van der Waals surface area contributed by atoms with Gasteiger partial charge in [0.25, 0.3) is 0 Å². The largest absolute Gasteiger partial charge is 0.480 e. The first kappa shape index (κ1) is 14.6. The van der Waals surface area contributed by atoms with E-state index in [4.69, 9.17) is 5.11 Å². The standard InChI is InChI=1S/C8H12I2O4/c1-3(2)6(11)4(9)7(12)5(10)8(13)14/h4-7,11-12H,1H2,2H3,(H,13,14). The molecule has 0 aliphatic heterocycles. The summed E-state index contributed by atoms with van der Waals surface area (Å²) in [6.45, 7) is 5.18. The number of aliphatic carboxylic acids is 1. The molecule has 0 saturated heterocycles. The van der Waals surface area contributed by atoms with Crippen LogP contribution in [0.3, 0.4) is 0 Å². The second-order valence-corrected chi connectivity index (χ2v) is 5.75. The lowest BCUT2D eigenvalue weighted by atomic mass is 10.0. The Morgan fingerprint density at radius 3 is 2.07 bits per heavy atom. The van der Waals surface area contributed by atoms with E-state index in [0.29, 0.717) is 5.57 Å². The van der Waals surface area contributed by atoms with Gasteiger partial charge in [0.2, 0.25) is 0 Å². The van der Waals surface area contributed by atoms with Crippen molar-refractivity contribution in [1.29, 1.82) is 0 Å². The zero-order valence-corrected chi connectivity index (χ0v) is 11.8. The van der Waals surface area contributed by atoms with Crippen LogP contribution in [0.25, 0.3) is 0 Å². The molecule has 0 aromatic carbocycles. The highest BCUT2D eigenvalue weighted by atomic mass is 127. The normalized spacial score (nSPS) is 19.5. The maximum atomic E-state index is 10.6. The van der Waals surface area contributed by atoms with Crippen molar-refractivity contribution in [2.45, 2.75) is 27.0 Å². The van der Waals surface area contributed by atoms with Gasteiger partial charge >= 0.3 is 5.97 Å². The first-order valence-corrected chi connectivity index (χ1v) is 6.30. The minimum absolute atomic E-state index is 0.512. The topological polar surface area (TPSA) is 77.8 Å². The molecule has 6 heteroatoms. The van der Waals surface area contributed by atoms with Gasteiger partial charge in [0.1, 0.15) is 3.92 Å². The molecule has 0 aromatic heterocycles. The molecule has 0 saturated carbocycles. The van der Waals surface area contributed by atoms with Crippen molar-refractivity contribution in [2.75, 3.05) is 0 Å². The average Bonchev–Trinajstić information content (AvgIpc) is 2.12. The number of carbonyl (C=O) groups is 1. The summed E-state index contributed by atoms with van der Waals surface area (Å²) in [5.41, 5.74) is 0.512. The van der Waals surface area contributed by atoms with Gasteiger partial charge in [0.15, 0.2) is 0 Å². The highest BCUT2D eigenvalue weighted by molar-refractivity contribution is 14.1. The smallest absolute Gasteiger partial charge is 0.319 e. The van der Waals surface area contributed by atoms with Crippen LogP contribution in [-0.4, -0.2) is 41.3 Å². The van der Waals surface area contributed by atoms with E-state index < -0.39 is 26.0 Å². The first-order valence-electron chi connectivity index (χ1n) is 3.81. The molecule has 4 unspecified atom stereocenters. The van der Waals surface area contributed by atoms with Gasteiger partial charge < -0.3 is 15.3 Å². The highest BCUT2D eigenvalue weighted by Crippen LogP contribution is 2.22.